The Kier molecular flexibility index (Phi) is 4.00. The van der Waals surface area contributed by atoms with Crippen LogP contribution in [0.1, 0.15) is 5.89 Å². The van der Waals surface area contributed by atoms with Crippen molar-refractivity contribution in [1.82, 2.24) is 15.0 Å². The number of carboxylic acid groups (broad SMARTS) is 1. The number of carboxylic acids is 1. The predicted octanol–water partition coefficient (Wildman–Crippen LogP) is 1.33. The van der Waals surface area contributed by atoms with Gasteiger partial charge in [0, 0.05) is 6.04 Å². The molecule has 0 aromatic carbocycles. The molecule has 1 fully saturated rings. The first-order valence-electron chi connectivity index (χ1n) is 6.52. The van der Waals surface area contributed by atoms with Crippen LogP contribution in [0.25, 0.3) is 10.7 Å². The second kappa shape index (κ2) is 5.92. The maximum atomic E-state index is 11.2. The molecule has 3 rings (SSSR count). The van der Waals surface area contributed by atoms with Crippen molar-refractivity contribution in [3.05, 3.63) is 23.4 Å². The highest BCUT2D eigenvalue weighted by Crippen LogP contribution is 2.23. The van der Waals surface area contributed by atoms with Crippen molar-refractivity contribution in [1.29, 1.82) is 0 Å². The summed E-state index contributed by atoms with van der Waals surface area (Å²) in [5, 5.41) is 15.1. The standard InChI is InChI=1S/C13H15N3O4S/c1-16(9-7-19-6-8(9)13(17)18)5-11-14-12(15-20-11)10-3-2-4-21-10/h2-4,8-9H,5-7H2,1H3,(H,17,18). The molecule has 0 amide bonds. The fourth-order valence-electron chi connectivity index (χ4n) is 2.37. The van der Waals surface area contributed by atoms with Gasteiger partial charge in [-0.2, -0.15) is 4.98 Å². The number of hydrogen-bond donors (Lipinski definition) is 1. The van der Waals surface area contributed by atoms with Crippen LogP contribution in [-0.4, -0.2) is 52.4 Å². The van der Waals surface area contributed by atoms with Gasteiger partial charge in [-0.1, -0.05) is 11.2 Å². The number of hydrogen-bond acceptors (Lipinski definition) is 7. The van der Waals surface area contributed by atoms with Crippen LogP contribution in [0.2, 0.25) is 0 Å². The van der Waals surface area contributed by atoms with E-state index in [1.807, 2.05) is 29.5 Å². The summed E-state index contributed by atoms with van der Waals surface area (Å²) >= 11 is 1.54. The van der Waals surface area contributed by atoms with E-state index >= 15 is 0 Å². The first-order chi connectivity index (χ1) is 10.1. The topological polar surface area (TPSA) is 88.7 Å². The lowest BCUT2D eigenvalue weighted by Crippen LogP contribution is -2.40. The first-order valence-corrected chi connectivity index (χ1v) is 7.40. The van der Waals surface area contributed by atoms with Crippen LogP contribution in [0, 0.1) is 5.92 Å². The smallest absolute Gasteiger partial charge is 0.310 e. The number of carbonyl (C=O) groups is 1. The molecule has 21 heavy (non-hydrogen) atoms. The van der Waals surface area contributed by atoms with E-state index in [0.717, 1.165) is 4.88 Å². The van der Waals surface area contributed by atoms with Gasteiger partial charge >= 0.3 is 5.97 Å². The molecule has 1 aliphatic rings. The van der Waals surface area contributed by atoms with Gasteiger partial charge < -0.3 is 14.4 Å². The zero-order chi connectivity index (χ0) is 14.8. The molecule has 1 N–H and O–H groups in total. The Hall–Kier alpha value is -1.77. The minimum Gasteiger partial charge on any atom is -0.481 e. The van der Waals surface area contributed by atoms with Crippen molar-refractivity contribution in [2.45, 2.75) is 12.6 Å². The number of likely N-dealkylation sites (N-methyl/N-ethyl adjacent to an activating group) is 1. The molecule has 7 nitrogen and oxygen atoms in total. The van der Waals surface area contributed by atoms with Gasteiger partial charge in [-0.25, -0.2) is 0 Å². The van der Waals surface area contributed by atoms with Crippen LogP contribution in [0.3, 0.4) is 0 Å². The number of aromatic nitrogens is 2. The average molecular weight is 309 g/mol. The first kappa shape index (κ1) is 14.2. The zero-order valence-electron chi connectivity index (χ0n) is 11.4. The van der Waals surface area contributed by atoms with Crippen molar-refractivity contribution >= 4 is 17.3 Å². The fraction of sp³-hybridized carbons (Fsp3) is 0.462. The van der Waals surface area contributed by atoms with Crippen LogP contribution in [0.4, 0.5) is 0 Å². The fourth-order valence-corrected chi connectivity index (χ4v) is 3.02. The third-order valence-electron chi connectivity index (χ3n) is 3.53. The number of rotatable bonds is 5. The summed E-state index contributed by atoms with van der Waals surface area (Å²) in [6.07, 6.45) is 0. The molecule has 3 heterocycles. The van der Waals surface area contributed by atoms with E-state index in [-0.39, 0.29) is 12.6 Å². The molecule has 112 valence electrons. The van der Waals surface area contributed by atoms with Crippen molar-refractivity contribution < 1.29 is 19.2 Å². The van der Waals surface area contributed by atoms with E-state index < -0.39 is 11.9 Å². The zero-order valence-corrected chi connectivity index (χ0v) is 12.2. The maximum absolute atomic E-state index is 11.2. The van der Waals surface area contributed by atoms with Crippen LogP contribution in [0.5, 0.6) is 0 Å². The molecule has 2 unspecified atom stereocenters. The Bertz CT molecular complexity index is 613. The minimum atomic E-state index is -0.839. The van der Waals surface area contributed by atoms with Gasteiger partial charge in [0.2, 0.25) is 11.7 Å². The van der Waals surface area contributed by atoms with Crippen LogP contribution < -0.4 is 0 Å². The number of aliphatic carboxylic acids is 1. The second-order valence-corrected chi connectivity index (χ2v) is 5.90. The van der Waals surface area contributed by atoms with Crippen molar-refractivity contribution in [3.8, 4) is 10.7 Å². The van der Waals surface area contributed by atoms with Gasteiger partial charge in [-0.15, -0.1) is 11.3 Å². The lowest BCUT2D eigenvalue weighted by Gasteiger charge is -2.24. The quantitative estimate of drug-likeness (QED) is 0.891. The van der Waals surface area contributed by atoms with Gasteiger partial charge in [0.1, 0.15) is 0 Å². The van der Waals surface area contributed by atoms with E-state index in [1.165, 1.54) is 0 Å². The van der Waals surface area contributed by atoms with E-state index in [1.54, 1.807) is 11.3 Å². The summed E-state index contributed by atoms with van der Waals surface area (Å²) in [6.45, 7) is 1.05. The van der Waals surface area contributed by atoms with E-state index in [2.05, 4.69) is 10.1 Å². The highest BCUT2D eigenvalue weighted by Gasteiger charge is 2.37. The van der Waals surface area contributed by atoms with Gasteiger partial charge in [0.15, 0.2) is 0 Å². The maximum Gasteiger partial charge on any atom is 0.310 e. The summed E-state index contributed by atoms with van der Waals surface area (Å²) in [4.78, 5) is 18.3. The third kappa shape index (κ3) is 2.97. The number of thiophene rings is 1. The molecular formula is C13H15N3O4S. The molecule has 0 spiro atoms. The molecule has 2 aromatic heterocycles. The highest BCUT2D eigenvalue weighted by atomic mass is 32.1. The Labute approximate surface area is 125 Å². The number of nitrogens with zero attached hydrogens (tertiary/aromatic N) is 3. The lowest BCUT2D eigenvalue weighted by molar-refractivity contribution is -0.143. The Morgan fingerprint density at radius 2 is 2.43 bits per heavy atom. The lowest BCUT2D eigenvalue weighted by atomic mass is 10.0. The van der Waals surface area contributed by atoms with E-state index in [0.29, 0.717) is 24.9 Å². The Balaban J connectivity index is 1.67. The highest BCUT2D eigenvalue weighted by molar-refractivity contribution is 7.13. The molecule has 1 saturated heterocycles. The molecule has 0 bridgehead atoms. The molecule has 2 atom stereocenters. The number of ether oxygens (including phenoxy) is 1. The predicted molar refractivity (Wildman–Crippen MR) is 74.8 cm³/mol. The Morgan fingerprint density at radius 1 is 1.57 bits per heavy atom. The summed E-state index contributed by atoms with van der Waals surface area (Å²) in [5.41, 5.74) is 0. The second-order valence-electron chi connectivity index (χ2n) is 4.95. The van der Waals surface area contributed by atoms with Gasteiger partial charge in [0.05, 0.1) is 30.6 Å². The average Bonchev–Trinajstić information content (AvgIpc) is 3.19. The minimum absolute atomic E-state index is 0.181. The molecular weight excluding hydrogens is 294 g/mol. The largest absolute Gasteiger partial charge is 0.481 e. The summed E-state index contributed by atoms with van der Waals surface area (Å²) < 4.78 is 10.5. The molecule has 2 aromatic rings. The normalized spacial score (nSPS) is 22.0. The van der Waals surface area contributed by atoms with Crippen LogP contribution >= 0.6 is 11.3 Å². The molecule has 8 heteroatoms. The molecule has 0 radical (unpaired) electrons. The van der Waals surface area contributed by atoms with Crippen molar-refractivity contribution in [2.24, 2.45) is 5.92 Å². The molecule has 0 saturated carbocycles. The van der Waals surface area contributed by atoms with Gasteiger partial charge in [-0.05, 0) is 18.5 Å². The summed E-state index contributed by atoms with van der Waals surface area (Å²) in [5.74, 6) is -0.327. The summed E-state index contributed by atoms with van der Waals surface area (Å²) in [6, 6.07) is 3.67. The monoisotopic (exact) mass is 309 g/mol. The van der Waals surface area contributed by atoms with Crippen LogP contribution in [-0.2, 0) is 16.1 Å². The van der Waals surface area contributed by atoms with E-state index in [4.69, 9.17) is 9.26 Å². The Morgan fingerprint density at radius 3 is 3.14 bits per heavy atom. The molecule has 1 aliphatic heterocycles. The SMILES string of the molecule is CN(Cc1nc(-c2cccs2)no1)C1COCC1C(=O)O. The van der Waals surface area contributed by atoms with Gasteiger partial charge in [0.25, 0.3) is 0 Å². The van der Waals surface area contributed by atoms with E-state index in [9.17, 15) is 9.90 Å². The van der Waals surface area contributed by atoms with Crippen molar-refractivity contribution in [2.75, 3.05) is 20.3 Å². The van der Waals surface area contributed by atoms with Gasteiger partial charge in [-0.3, -0.25) is 9.69 Å². The third-order valence-corrected chi connectivity index (χ3v) is 4.39. The molecule has 0 aliphatic carbocycles. The van der Waals surface area contributed by atoms with Crippen molar-refractivity contribution in [3.63, 3.8) is 0 Å². The van der Waals surface area contributed by atoms with Crippen LogP contribution in [0.15, 0.2) is 22.0 Å². The summed E-state index contributed by atoms with van der Waals surface area (Å²) in [7, 11) is 1.84.